The van der Waals surface area contributed by atoms with Crippen LogP contribution in [0.2, 0.25) is 5.02 Å². The Morgan fingerprint density at radius 3 is 2.51 bits per heavy atom. The van der Waals surface area contributed by atoms with Crippen LogP contribution < -0.4 is 5.32 Å². The lowest BCUT2D eigenvalue weighted by atomic mass is 9.70. The fourth-order valence-electron chi connectivity index (χ4n) is 5.04. The highest BCUT2D eigenvalue weighted by Gasteiger charge is 2.40. The maximum absolute atomic E-state index is 13.6. The first kappa shape index (κ1) is 25.0. The molecule has 0 saturated carbocycles. The number of aromatic amines is 1. The first-order valence-corrected chi connectivity index (χ1v) is 12.5. The molecule has 0 bridgehead atoms. The Balaban J connectivity index is 1.47. The highest BCUT2D eigenvalue weighted by atomic mass is 35.5. The van der Waals surface area contributed by atoms with E-state index in [0.29, 0.717) is 24.6 Å². The lowest BCUT2D eigenvalue weighted by Gasteiger charge is -2.45. The molecule has 1 aliphatic rings. The molecular formula is C28H33ClN4O2. The van der Waals surface area contributed by atoms with Gasteiger partial charge >= 0.3 is 0 Å². The zero-order chi connectivity index (χ0) is 25.2. The molecule has 3 aromatic rings. The maximum Gasteiger partial charge on any atom is 0.251 e. The van der Waals surface area contributed by atoms with Crippen molar-refractivity contribution >= 4 is 23.4 Å². The van der Waals surface area contributed by atoms with E-state index < -0.39 is 6.04 Å². The zero-order valence-electron chi connectivity index (χ0n) is 20.7. The van der Waals surface area contributed by atoms with Crippen LogP contribution in [0.1, 0.15) is 56.0 Å². The van der Waals surface area contributed by atoms with Gasteiger partial charge in [-0.1, -0.05) is 63.6 Å². The van der Waals surface area contributed by atoms with Crippen molar-refractivity contribution in [1.29, 1.82) is 0 Å². The molecule has 2 heterocycles. The molecule has 2 atom stereocenters. The van der Waals surface area contributed by atoms with E-state index in [1.165, 1.54) is 5.56 Å². The molecule has 1 aromatic heterocycles. The van der Waals surface area contributed by atoms with Gasteiger partial charge < -0.3 is 10.2 Å². The van der Waals surface area contributed by atoms with Gasteiger partial charge in [0.15, 0.2) is 0 Å². The number of amides is 2. The number of nitrogens with one attached hydrogen (secondary N) is 2. The molecule has 0 radical (unpaired) electrons. The van der Waals surface area contributed by atoms with Gasteiger partial charge in [-0.2, -0.15) is 5.10 Å². The number of benzene rings is 2. The molecule has 1 aliphatic heterocycles. The summed E-state index contributed by atoms with van der Waals surface area (Å²) in [6.07, 6.45) is 2.54. The van der Waals surface area contributed by atoms with Crippen LogP contribution >= 0.6 is 11.6 Å². The number of nitrogens with zero attached hydrogens (tertiary/aromatic N) is 2. The summed E-state index contributed by atoms with van der Waals surface area (Å²) < 4.78 is 0. The van der Waals surface area contributed by atoms with E-state index in [4.69, 9.17) is 11.6 Å². The number of hydrogen-bond acceptors (Lipinski definition) is 3. The number of carbonyl (C=O) groups is 2. The van der Waals surface area contributed by atoms with E-state index in [1.807, 2.05) is 55.1 Å². The minimum Gasteiger partial charge on any atom is -0.340 e. The number of aromatic nitrogens is 2. The van der Waals surface area contributed by atoms with E-state index in [1.54, 1.807) is 12.3 Å². The van der Waals surface area contributed by atoms with E-state index in [9.17, 15) is 9.59 Å². The van der Waals surface area contributed by atoms with Gasteiger partial charge in [-0.3, -0.25) is 14.7 Å². The summed E-state index contributed by atoms with van der Waals surface area (Å²) in [7, 11) is 0. The first-order chi connectivity index (χ1) is 16.7. The van der Waals surface area contributed by atoms with Gasteiger partial charge in [-0.15, -0.1) is 0 Å². The van der Waals surface area contributed by atoms with Crippen molar-refractivity contribution < 1.29 is 9.59 Å². The Hall–Kier alpha value is -3.12. The number of carbonyl (C=O) groups excluding carboxylic acids is 2. The van der Waals surface area contributed by atoms with Crippen molar-refractivity contribution in [3.05, 3.63) is 76.9 Å². The second-order valence-corrected chi connectivity index (χ2v) is 10.8. The van der Waals surface area contributed by atoms with E-state index in [2.05, 4.69) is 41.5 Å². The van der Waals surface area contributed by atoms with Crippen LogP contribution in [-0.4, -0.2) is 46.0 Å². The molecule has 35 heavy (non-hydrogen) atoms. The fraction of sp³-hybridized carbons (Fsp3) is 0.393. The van der Waals surface area contributed by atoms with Crippen molar-refractivity contribution in [2.75, 3.05) is 13.1 Å². The van der Waals surface area contributed by atoms with Crippen LogP contribution in [0.3, 0.4) is 0 Å². The zero-order valence-corrected chi connectivity index (χ0v) is 21.5. The summed E-state index contributed by atoms with van der Waals surface area (Å²) in [6, 6.07) is 16.6. The van der Waals surface area contributed by atoms with E-state index in [0.717, 1.165) is 22.7 Å². The van der Waals surface area contributed by atoms with E-state index >= 15 is 0 Å². The Morgan fingerprint density at radius 2 is 1.89 bits per heavy atom. The molecule has 6 nitrogen and oxygen atoms in total. The van der Waals surface area contributed by atoms with Crippen LogP contribution in [-0.2, 0) is 4.79 Å². The number of halogens is 1. The Morgan fingerprint density at radius 1 is 1.14 bits per heavy atom. The highest BCUT2D eigenvalue weighted by Crippen LogP contribution is 2.42. The van der Waals surface area contributed by atoms with Gasteiger partial charge in [-0.25, -0.2) is 0 Å². The van der Waals surface area contributed by atoms with Crippen molar-refractivity contribution in [3.63, 3.8) is 0 Å². The number of H-pyrrole nitrogens is 1. The average Bonchev–Trinajstić information content (AvgIpc) is 3.37. The van der Waals surface area contributed by atoms with Gasteiger partial charge in [0.25, 0.3) is 5.91 Å². The van der Waals surface area contributed by atoms with Gasteiger partial charge in [0.2, 0.25) is 5.91 Å². The van der Waals surface area contributed by atoms with Crippen molar-refractivity contribution in [3.8, 4) is 11.3 Å². The maximum atomic E-state index is 13.6. The van der Waals surface area contributed by atoms with Gasteiger partial charge in [0.1, 0.15) is 6.04 Å². The number of likely N-dealkylation sites (tertiary alicyclic amines) is 1. The van der Waals surface area contributed by atoms with Crippen LogP contribution in [0.5, 0.6) is 0 Å². The number of hydrogen-bond donors (Lipinski definition) is 2. The number of piperidine rings is 1. The minimum atomic E-state index is -0.596. The summed E-state index contributed by atoms with van der Waals surface area (Å²) in [5.41, 5.74) is 3.36. The molecule has 7 heteroatoms. The monoisotopic (exact) mass is 492 g/mol. The van der Waals surface area contributed by atoms with E-state index in [-0.39, 0.29) is 23.1 Å². The Kier molecular flexibility index (Phi) is 7.31. The molecule has 184 valence electrons. The molecule has 4 rings (SSSR count). The Bertz CT molecular complexity index is 1170. The lowest BCUT2D eigenvalue weighted by molar-refractivity contribution is -0.137. The average molecular weight is 493 g/mol. The SMILES string of the molecule is CC(C)C(NC(=O)c1cccc(-c2ccn[nH]2)c1)C(=O)N1CCC(c2ccc(Cl)cc2)C(C)(C)C1. The van der Waals surface area contributed by atoms with Crippen LogP contribution in [0.25, 0.3) is 11.3 Å². The molecule has 0 aliphatic carbocycles. The fourth-order valence-corrected chi connectivity index (χ4v) is 5.16. The number of rotatable bonds is 6. The smallest absolute Gasteiger partial charge is 0.251 e. The predicted octanol–water partition coefficient (Wildman–Crippen LogP) is 5.53. The standard InChI is InChI=1S/C28H33ClN4O2/c1-18(2)25(31-26(34)21-7-5-6-20(16-21)24-12-14-30-32-24)27(35)33-15-13-23(28(3,4)17-33)19-8-10-22(29)11-9-19/h5-12,14,16,18,23,25H,13,15,17H2,1-4H3,(H,30,32)(H,31,34). The molecule has 2 amide bonds. The van der Waals surface area contributed by atoms with Crippen molar-refractivity contribution in [2.45, 2.75) is 46.1 Å². The lowest BCUT2D eigenvalue weighted by Crippen LogP contribution is -2.55. The summed E-state index contributed by atoms with van der Waals surface area (Å²) in [6.45, 7) is 9.63. The largest absolute Gasteiger partial charge is 0.340 e. The van der Waals surface area contributed by atoms with Crippen LogP contribution in [0.4, 0.5) is 0 Å². The Labute approximate surface area is 212 Å². The quantitative estimate of drug-likeness (QED) is 0.475. The normalized spacial score (nSPS) is 18.3. The summed E-state index contributed by atoms with van der Waals surface area (Å²) >= 11 is 6.08. The summed E-state index contributed by atoms with van der Waals surface area (Å²) in [5, 5.41) is 10.6. The third-order valence-electron chi connectivity index (χ3n) is 6.97. The van der Waals surface area contributed by atoms with Gasteiger partial charge in [-0.05, 0) is 59.6 Å². The second-order valence-electron chi connectivity index (χ2n) is 10.4. The van der Waals surface area contributed by atoms with Crippen molar-refractivity contribution in [1.82, 2.24) is 20.4 Å². The minimum absolute atomic E-state index is 0.0271. The van der Waals surface area contributed by atoms with Gasteiger partial charge in [0, 0.05) is 35.4 Å². The third-order valence-corrected chi connectivity index (χ3v) is 7.22. The van der Waals surface area contributed by atoms with Crippen LogP contribution in [0.15, 0.2) is 60.8 Å². The second kappa shape index (κ2) is 10.2. The highest BCUT2D eigenvalue weighted by molar-refractivity contribution is 6.30. The third kappa shape index (κ3) is 5.59. The predicted molar refractivity (Wildman–Crippen MR) is 139 cm³/mol. The molecule has 2 aromatic carbocycles. The summed E-state index contributed by atoms with van der Waals surface area (Å²) in [5.74, 6) is 0.00917. The summed E-state index contributed by atoms with van der Waals surface area (Å²) in [4.78, 5) is 28.7. The van der Waals surface area contributed by atoms with Gasteiger partial charge in [0.05, 0.1) is 5.69 Å². The molecule has 2 N–H and O–H groups in total. The molecule has 1 fully saturated rings. The molecule has 1 saturated heterocycles. The molecule has 2 unspecified atom stereocenters. The molecular weight excluding hydrogens is 460 g/mol. The topological polar surface area (TPSA) is 78.1 Å². The first-order valence-electron chi connectivity index (χ1n) is 12.1. The van der Waals surface area contributed by atoms with Crippen LogP contribution in [0, 0.1) is 11.3 Å². The molecule has 0 spiro atoms. The van der Waals surface area contributed by atoms with Crippen molar-refractivity contribution in [2.24, 2.45) is 11.3 Å².